The Morgan fingerprint density at radius 1 is 1.20 bits per heavy atom. The summed E-state index contributed by atoms with van der Waals surface area (Å²) < 4.78 is 29.7. The van der Waals surface area contributed by atoms with E-state index in [1.807, 2.05) is 4.90 Å². The quantitative estimate of drug-likeness (QED) is 0.463. The third-order valence-corrected chi connectivity index (χ3v) is 5.54. The van der Waals surface area contributed by atoms with Crippen LogP contribution in [0.3, 0.4) is 0 Å². The van der Waals surface area contributed by atoms with E-state index in [2.05, 4.69) is 10.3 Å². The van der Waals surface area contributed by atoms with Crippen molar-refractivity contribution in [2.24, 2.45) is 16.5 Å². The Hall–Kier alpha value is -2.82. The molecule has 0 aromatic heterocycles. The molecular formula is C19H29N5O5S. The van der Waals surface area contributed by atoms with E-state index in [0.29, 0.717) is 31.6 Å². The first-order chi connectivity index (χ1) is 13.8. The van der Waals surface area contributed by atoms with Crippen molar-refractivity contribution >= 4 is 33.5 Å². The first-order valence-electron chi connectivity index (χ1n) is 9.49. The highest BCUT2D eigenvalue weighted by Gasteiger charge is 2.29. The topological polar surface area (TPSA) is 157 Å². The summed E-state index contributed by atoms with van der Waals surface area (Å²) in [6.45, 7) is 6.36. The molecule has 0 radical (unpaired) electrons. The van der Waals surface area contributed by atoms with Crippen molar-refractivity contribution in [2.45, 2.75) is 50.2 Å². The number of hydrogen-bond donors (Lipinski definition) is 3. The first-order valence-corrected chi connectivity index (χ1v) is 11.4. The maximum Gasteiger partial charge on any atom is 0.407 e. The van der Waals surface area contributed by atoms with Gasteiger partial charge in [0.1, 0.15) is 5.60 Å². The van der Waals surface area contributed by atoms with E-state index in [1.165, 1.54) is 6.07 Å². The molecule has 2 amide bonds. The average molecular weight is 440 g/mol. The number of alkyl carbamates (subject to hydrolysis) is 1. The van der Waals surface area contributed by atoms with E-state index in [-0.39, 0.29) is 16.5 Å². The van der Waals surface area contributed by atoms with Crippen molar-refractivity contribution in [2.75, 3.05) is 24.2 Å². The summed E-state index contributed by atoms with van der Waals surface area (Å²) >= 11 is 0. The second-order valence-corrected chi connectivity index (χ2v) is 10.2. The molecule has 0 spiro atoms. The minimum atomic E-state index is -3.69. The van der Waals surface area contributed by atoms with Gasteiger partial charge in [-0.2, -0.15) is 4.99 Å². The molecule has 0 bridgehead atoms. The number of nitrogens with one attached hydrogen (secondary N) is 1. The lowest BCUT2D eigenvalue weighted by atomic mass is 10.0. The fourth-order valence-electron chi connectivity index (χ4n) is 3.22. The van der Waals surface area contributed by atoms with Crippen molar-refractivity contribution in [3.05, 3.63) is 23.8 Å². The van der Waals surface area contributed by atoms with E-state index >= 15 is 0 Å². The van der Waals surface area contributed by atoms with Crippen LogP contribution in [0.1, 0.15) is 44.0 Å². The molecule has 0 atom stereocenters. The van der Waals surface area contributed by atoms with Crippen molar-refractivity contribution in [1.29, 1.82) is 0 Å². The summed E-state index contributed by atoms with van der Waals surface area (Å²) in [5.41, 5.74) is 10.4. The SMILES string of the molecule is CC(C)(C)OC(=O)NC1CCN(c2cccc(S(C)(=O)=O)c2C(=O)N=C(N)N)CC1. The maximum atomic E-state index is 12.6. The van der Waals surface area contributed by atoms with Crippen molar-refractivity contribution in [1.82, 2.24) is 5.32 Å². The number of hydrogen-bond acceptors (Lipinski definition) is 6. The number of sulfone groups is 1. The first kappa shape index (κ1) is 23.5. The molecule has 30 heavy (non-hydrogen) atoms. The lowest BCUT2D eigenvalue weighted by molar-refractivity contribution is 0.0497. The van der Waals surface area contributed by atoms with Crippen LogP contribution in [0.2, 0.25) is 0 Å². The molecule has 5 N–H and O–H groups in total. The summed E-state index contributed by atoms with van der Waals surface area (Å²) in [6.07, 6.45) is 1.73. The Morgan fingerprint density at radius 2 is 1.80 bits per heavy atom. The number of piperidine rings is 1. The van der Waals surface area contributed by atoms with Gasteiger partial charge >= 0.3 is 6.09 Å². The molecule has 1 heterocycles. The van der Waals surface area contributed by atoms with E-state index < -0.39 is 33.4 Å². The molecule has 1 saturated heterocycles. The van der Waals surface area contributed by atoms with Crippen LogP contribution in [-0.4, -0.2) is 57.4 Å². The van der Waals surface area contributed by atoms with Gasteiger partial charge in [0.05, 0.1) is 16.1 Å². The number of nitrogens with two attached hydrogens (primary N) is 2. The molecule has 1 aliphatic rings. The van der Waals surface area contributed by atoms with Crippen LogP contribution >= 0.6 is 0 Å². The number of benzene rings is 1. The Morgan fingerprint density at radius 3 is 2.30 bits per heavy atom. The molecule has 0 aliphatic carbocycles. The maximum absolute atomic E-state index is 12.6. The van der Waals surface area contributed by atoms with Gasteiger partial charge in [0.15, 0.2) is 15.8 Å². The number of nitrogens with zero attached hydrogens (tertiary/aromatic N) is 2. The van der Waals surface area contributed by atoms with E-state index in [4.69, 9.17) is 16.2 Å². The van der Waals surface area contributed by atoms with Gasteiger partial charge in [-0.25, -0.2) is 13.2 Å². The Labute approximate surface area is 176 Å². The van der Waals surface area contributed by atoms with Crippen molar-refractivity contribution < 1.29 is 22.7 Å². The number of carbonyl (C=O) groups excluding carboxylic acids is 2. The summed E-state index contributed by atoms with van der Waals surface area (Å²) in [5, 5.41) is 2.84. The number of carbonyl (C=O) groups is 2. The van der Waals surface area contributed by atoms with Gasteiger partial charge in [0.25, 0.3) is 5.91 Å². The molecule has 0 unspecified atom stereocenters. The Balaban J connectivity index is 2.24. The molecule has 0 saturated carbocycles. The van der Waals surface area contributed by atoms with Crippen LogP contribution in [0.5, 0.6) is 0 Å². The van der Waals surface area contributed by atoms with Gasteiger partial charge in [-0.1, -0.05) is 6.07 Å². The van der Waals surface area contributed by atoms with E-state index in [1.54, 1.807) is 32.9 Å². The molecule has 11 heteroatoms. The lowest BCUT2D eigenvalue weighted by Gasteiger charge is -2.35. The van der Waals surface area contributed by atoms with Crippen LogP contribution in [-0.2, 0) is 14.6 Å². The highest BCUT2D eigenvalue weighted by molar-refractivity contribution is 7.90. The predicted octanol–water partition coefficient (Wildman–Crippen LogP) is 0.997. The number of ether oxygens (including phenoxy) is 1. The zero-order valence-electron chi connectivity index (χ0n) is 17.6. The molecular weight excluding hydrogens is 410 g/mol. The summed E-state index contributed by atoms with van der Waals surface area (Å²) in [7, 11) is -3.69. The van der Waals surface area contributed by atoms with Gasteiger partial charge in [-0.3, -0.25) is 4.79 Å². The summed E-state index contributed by atoms with van der Waals surface area (Å²) in [5.74, 6) is -1.27. The lowest BCUT2D eigenvalue weighted by Crippen LogP contribution is -2.46. The number of rotatable bonds is 4. The van der Waals surface area contributed by atoms with E-state index in [9.17, 15) is 18.0 Å². The van der Waals surface area contributed by atoms with Crippen LogP contribution < -0.4 is 21.7 Å². The second kappa shape index (κ2) is 8.90. The minimum Gasteiger partial charge on any atom is -0.444 e. The molecule has 1 aromatic rings. The second-order valence-electron chi connectivity index (χ2n) is 8.17. The van der Waals surface area contributed by atoms with Gasteiger partial charge in [-0.05, 0) is 45.7 Å². The highest BCUT2D eigenvalue weighted by Crippen LogP contribution is 2.30. The third-order valence-electron chi connectivity index (χ3n) is 4.40. The molecule has 1 aromatic carbocycles. The number of aliphatic imine (C=N–C) groups is 1. The highest BCUT2D eigenvalue weighted by atomic mass is 32.2. The zero-order chi connectivity index (χ0) is 22.7. The van der Waals surface area contributed by atoms with Gasteiger partial charge < -0.3 is 26.4 Å². The van der Waals surface area contributed by atoms with Crippen molar-refractivity contribution in [3.63, 3.8) is 0 Å². The molecule has 10 nitrogen and oxygen atoms in total. The van der Waals surface area contributed by atoms with Gasteiger partial charge in [0, 0.05) is 25.4 Å². The normalized spacial score (nSPS) is 15.4. The standard InChI is InChI=1S/C19H29N5O5S/c1-19(2,3)29-18(26)22-12-8-10-24(11-9-12)13-6-5-7-14(30(4,27)28)15(13)16(25)23-17(20)21/h5-7,12H,8-11H2,1-4H3,(H,22,26)(H4,20,21,23,25). The Bertz CT molecular complexity index is 941. The number of amides is 2. The smallest absolute Gasteiger partial charge is 0.407 e. The van der Waals surface area contributed by atoms with Crippen molar-refractivity contribution in [3.8, 4) is 0 Å². The predicted molar refractivity (Wildman–Crippen MR) is 114 cm³/mol. The van der Waals surface area contributed by atoms with Crippen LogP contribution in [0.25, 0.3) is 0 Å². The van der Waals surface area contributed by atoms with Gasteiger partial charge in [0.2, 0.25) is 0 Å². The fraction of sp³-hybridized carbons (Fsp3) is 0.526. The van der Waals surface area contributed by atoms with Crippen LogP contribution in [0.4, 0.5) is 10.5 Å². The molecule has 1 fully saturated rings. The minimum absolute atomic E-state index is 0.0630. The van der Waals surface area contributed by atoms with E-state index in [0.717, 1.165) is 6.26 Å². The average Bonchev–Trinajstić information content (AvgIpc) is 2.58. The molecule has 2 rings (SSSR count). The third kappa shape index (κ3) is 6.34. The summed E-state index contributed by atoms with van der Waals surface area (Å²) in [4.78, 5) is 29.9. The number of guanidine groups is 1. The largest absolute Gasteiger partial charge is 0.444 e. The monoisotopic (exact) mass is 439 g/mol. The fourth-order valence-corrected chi connectivity index (χ4v) is 4.11. The molecule has 1 aliphatic heterocycles. The van der Waals surface area contributed by atoms with Crippen LogP contribution in [0.15, 0.2) is 28.1 Å². The zero-order valence-corrected chi connectivity index (χ0v) is 18.5. The van der Waals surface area contributed by atoms with Gasteiger partial charge in [-0.15, -0.1) is 0 Å². The number of anilines is 1. The Kier molecular flexibility index (Phi) is 6.96. The molecule has 166 valence electrons. The summed E-state index contributed by atoms with van der Waals surface area (Å²) in [6, 6.07) is 4.49. The van der Waals surface area contributed by atoms with Crippen LogP contribution in [0, 0.1) is 0 Å².